The maximum absolute atomic E-state index is 13.6. The number of nitrogens with zero attached hydrogens (tertiary/aromatic N) is 1. The van der Waals surface area contributed by atoms with Gasteiger partial charge in [-0.3, -0.25) is 0 Å². The van der Waals surface area contributed by atoms with Crippen LogP contribution in [-0.4, -0.2) is 5.97 Å². The van der Waals surface area contributed by atoms with Gasteiger partial charge in [-0.15, -0.1) is 0 Å². The molecule has 4 N–H and O–H groups in total. The Morgan fingerprint density at radius 2 is 1.86 bits per heavy atom. The molecule has 106 valence electrons. The van der Waals surface area contributed by atoms with E-state index >= 15 is 0 Å². The quantitative estimate of drug-likeness (QED) is 0.665. The van der Waals surface area contributed by atoms with Gasteiger partial charge in [-0.2, -0.15) is 5.26 Å². The molecular weight excluding hydrogens is 273 g/mol. The lowest BCUT2D eigenvalue weighted by atomic mass is 10.1. The molecule has 0 aliphatic rings. The minimum atomic E-state index is -0.655. The Morgan fingerprint density at radius 1 is 1.19 bits per heavy atom. The first kappa shape index (κ1) is 14.3. The predicted octanol–water partition coefficient (Wildman–Crippen LogP) is 2.22. The molecule has 0 saturated heterocycles. The summed E-state index contributed by atoms with van der Waals surface area (Å²) in [7, 11) is 0. The molecular formula is C15H12FN3O2. The van der Waals surface area contributed by atoms with Crippen LogP contribution in [0.1, 0.15) is 21.5 Å². The maximum atomic E-state index is 13.6. The lowest BCUT2D eigenvalue weighted by Crippen LogP contribution is -2.07. The third-order valence-electron chi connectivity index (χ3n) is 2.75. The zero-order valence-corrected chi connectivity index (χ0v) is 11.0. The summed E-state index contributed by atoms with van der Waals surface area (Å²) in [6.45, 7) is -0.245. The van der Waals surface area contributed by atoms with Crippen LogP contribution in [-0.2, 0) is 11.3 Å². The molecule has 0 heterocycles. The topological polar surface area (TPSA) is 102 Å². The van der Waals surface area contributed by atoms with E-state index < -0.39 is 11.8 Å². The highest BCUT2D eigenvalue weighted by Crippen LogP contribution is 2.16. The number of rotatable bonds is 3. The van der Waals surface area contributed by atoms with Gasteiger partial charge >= 0.3 is 5.97 Å². The molecule has 0 amide bonds. The highest BCUT2D eigenvalue weighted by Gasteiger charge is 2.11. The molecule has 0 aromatic heterocycles. The van der Waals surface area contributed by atoms with Gasteiger partial charge in [-0.05, 0) is 30.3 Å². The maximum Gasteiger partial charge on any atom is 0.338 e. The van der Waals surface area contributed by atoms with E-state index in [1.807, 2.05) is 6.07 Å². The molecule has 2 rings (SSSR count). The largest absolute Gasteiger partial charge is 0.457 e. The van der Waals surface area contributed by atoms with E-state index in [-0.39, 0.29) is 23.3 Å². The Morgan fingerprint density at radius 3 is 2.43 bits per heavy atom. The van der Waals surface area contributed by atoms with E-state index in [1.54, 1.807) is 0 Å². The Bertz CT molecular complexity index is 718. The fourth-order valence-electron chi connectivity index (χ4n) is 1.75. The Labute approximate surface area is 120 Å². The molecule has 0 saturated carbocycles. The van der Waals surface area contributed by atoms with Gasteiger partial charge < -0.3 is 16.2 Å². The van der Waals surface area contributed by atoms with Crippen molar-refractivity contribution in [2.45, 2.75) is 6.61 Å². The van der Waals surface area contributed by atoms with Gasteiger partial charge in [0, 0.05) is 16.9 Å². The lowest BCUT2D eigenvalue weighted by molar-refractivity contribution is 0.0469. The van der Waals surface area contributed by atoms with Gasteiger partial charge in [-0.25, -0.2) is 9.18 Å². The number of nitrogens with two attached hydrogens (primary N) is 2. The second-order valence-corrected chi connectivity index (χ2v) is 4.38. The van der Waals surface area contributed by atoms with Crippen molar-refractivity contribution in [1.29, 1.82) is 5.26 Å². The van der Waals surface area contributed by atoms with Crippen LogP contribution in [0.15, 0.2) is 36.4 Å². The van der Waals surface area contributed by atoms with Crippen molar-refractivity contribution in [3.05, 3.63) is 58.9 Å². The molecule has 0 bridgehead atoms. The number of nitriles is 1. The highest BCUT2D eigenvalue weighted by atomic mass is 19.1. The van der Waals surface area contributed by atoms with E-state index in [0.29, 0.717) is 11.4 Å². The van der Waals surface area contributed by atoms with Gasteiger partial charge in [0.1, 0.15) is 12.4 Å². The third kappa shape index (κ3) is 3.48. The van der Waals surface area contributed by atoms with Crippen LogP contribution in [0.2, 0.25) is 0 Å². The minimum Gasteiger partial charge on any atom is -0.457 e. The number of carbonyl (C=O) groups excluding carboxylic acids is 1. The number of hydrogen-bond acceptors (Lipinski definition) is 5. The Hall–Kier alpha value is -3.07. The van der Waals surface area contributed by atoms with Crippen molar-refractivity contribution in [3.8, 4) is 6.07 Å². The molecule has 0 fully saturated rings. The van der Waals surface area contributed by atoms with Crippen molar-refractivity contribution in [2.75, 3.05) is 11.5 Å². The van der Waals surface area contributed by atoms with Gasteiger partial charge in [0.25, 0.3) is 0 Å². The van der Waals surface area contributed by atoms with Crippen LogP contribution in [0.5, 0.6) is 0 Å². The molecule has 2 aromatic rings. The first-order chi connectivity index (χ1) is 9.99. The zero-order chi connectivity index (χ0) is 15.4. The second-order valence-electron chi connectivity index (χ2n) is 4.38. The third-order valence-corrected chi connectivity index (χ3v) is 2.75. The normalized spacial score (nSPS) is 9.90. The molecule has 2 aromatic carbocycles. The Kier molecular flexibility index (Phi) is 4.05. The molecule has 0 unspecified atom stereocenters. The number of anilines is 2. The highest BCUT2D eigenvalue weighted by molar-refractivity contribution is 5.91. The summed E-state index contributed by atoms with van der Waals surface area (Å²) < 4.78 is 18.6. The molecule has 6 heteroatoms. The number of nitrogen functional groups attached to an aromatic ring is 2. The van der Waals surface area contributed by atoms with Crippen molar-refractivity contribution in [2.24, 2.45) is 0 Å². The van der Waals surface area contributed by atoms with E-state index in [1.165, 1.54) is 30.3 Å². The number of hydrogen-bond donors (Lipinski definition) is 2. The predicted molar refractivity (Wildman–Crippen MR) is 75.5 cm³/mol. The SMILES string of the molecule is N#Cc1ccc(COC(=O)c2cc(N)cc(N)c2)c(F)c1. The lowest BCUT2D eigenvalue weighted by Gasteiger charge is -2.07. The fraction of sp³-hybridized carbons (Fsp3) is 0.0667. The van der Waals surface area contributed by atoms with Crippen molar-refractivity contribution in [1.82, 2.24) is 0 Å². The van der Waals surface area contributed by atoms with E-state index in [9.17, 15) is 9.18 Å². The summed E-state index contributed by atoms with van der Waals surface area (Å²) in [4.78, 5) is 11.8. The second kappa shape index (κ2) is 5.92. The van der Waals surface area contributed by atoms with Crippen molar-refractivity contribution < 1.29 is 13.9 Å². The average molecular weight is 285 g/mol. The summed E-state index contributed by atoms with van der Waals surface area (Å²) in [5.74, 6) is -1.26. The number of halogens is 1. The summed E-state index contributed by atoms with van der Waals surface area (Å²) in [6.07, 6.45) is 0. The van der Waals surface area contributed by atoms with Crippen LogP contribution in [0.3, 0.4) is 0 Å². The van der Waals surface area contributed by atoms with Gasteiger partial charge in [0.2, 0.25) is 0 Å². The molecule has 0 radical (unpaired) electrons. The van der Waals surface area contributed by atoms with E-state index in [0.717, 1.165) is 6.07 Å². The smallest absolute Gasteiger partial charge is 0.338 e. The zero-order valence-electron chi connectivity index (χ0n) is 11.0. The molecule has 5 nitrogen and oxygen atoms in total. The fourth-order valence-corrected chi connectivity index (χ4v) is 1.75. The van der Waals surface area contributed by atoms with Crippen LogP contribution >= 0.6 is 0 Å². The van der Waals surface area contributed by atoms with E-state index in [2.05, 4.69) is 0 Å². The first-order valence-corrected chi connectivity index (χ1v) is 6.01. The molecule has 21 heavy (non-hydrogen) atoms. The summed E-state index contributed by atoms with van der Waals surface area (Å²) >= 11 is 0. The first-order valence-electron chi connectivity index (χ1n) is 6.01. The molecule has 0 atom stereocenters. The van der Waals surface area contributed by atoms with Crippen LogP contribution < -0.4 is 11.5 Å². The number of ether oxygens (including phenoxy) is 1. The Balaban J connectivity index is 2.09. The standard InChI is InChI=1S/C15H12FN3O2/c16-14-3-9(7-17)1-2-10(14)8-21-15(20)11-4-12(18)6-13(19)5-11/h1-6H,8,18-19H2. The summed E-state index contributed by atoms with van der Waals surface area (Å²) in [5, 5.41) is 8.65. The van der Waals surface area contributed by atoms with Gasteiger partial charge in [0.15, 0.2) is 0 Å². The molecule has 0 spiro atoms. The van der Waals surface area contributed by atoms with Gasteiger partial charge in [-0.1, -0.05) is 6.07 Å². The summed E-state index contributed by atoms with van der Waals surface area (Å²) in [6, 6.07) is 10.1. The number of benzene rings is 2. The minimum absolute atomic E-state index is 0.180. The number of carbonyl (C=O) groups is 1. The van der Waals surface area contributed by atoms with Crippen LogP contribution in [0.4, 0.5) is 15.8 Å². The van der Waals surface area contributed by atoms with Gasteiger partial charge in [0.05, 0.1) is 17.2 Å². The molecule has 0 aliphatic carbocycles. The van der Waals surface area contributed by atoms with Crippen LogP contribution in [0, 0.1) is 17.1 Å². The average Bonchev–Trinajstić information content (AvgIpc) is 2.44. The summed E-state index contributed by atoms with van der Waals surface area (Å²) in [5.41, 5.74) is 12.4. The van der Waals surface area contributed by atoms with Crippen molar-refractivity contribution in [3.63, 3.8) is 0 Å². The monoisotopic (exact) mass is 285 g/mol. The van der Waals surface area contributed by atoms with Crippen molar-refractivity contribution >= 4 is 17.3 Å². The number of esters is 1. The van der Waals surface area contributed by atoms with Crippen LogP contribution in [0.25, 0.3) is 0 Å². The van der Waals surface area contributed by atoms with E-state index in [4.69, 9.17) is 21.5 Å². The molecule has 0 aliphatic heterocycles.